The number of rotatable bonds is 10. The Labute approximate surface area is 169 Å². The molecular formula is C13H10F2N2O9S3. The van der Waals surface area contributed by atoms with Gasteiger partial charge in [-0.2, -0.15) is 12.6 Å². The van der Waals surface area contributed by atoms with Gasteiger partial charge in [0, 0.05) is 23.1 Å². The summed E-state index contributed by atoms with van der Waals surface area (Å²) < 4.78 is 75.5. The monoisotopic (exact) mass is 472 g/mol. The number of anilines is 1. The number of hydrogen-bond acceptors (Lipinski definition) is 10. The van der Waals surface area contributed by atoms with Crippen LogP contribution < -0.4 is 13.6 Å². The van der Waals surface area contributed by atoms with Gasteiger partial charge in [0.15, 0.2) is 0 Å². The van der Waals surface area contributed by atoms with E-state index >= 15 is 0 Å². The maximum absolute atomic E-state index is 13.3. The third-order valence-corrected chi connectivity index (χ3v) is 5.13. The van der Waals surface area contributed by atoms with Crippen molar-refractivity contribution in [2.24, 2.45) is 0 Å². The van der Waals surface area contributed by atoms with Crippen molar-refractivity contribution in [2.45, 2.75) is 9.79 Å². The molecule has 158 valence electrons. The van der Waals surface area contributed by atoms with Crippen LogP contribution in [0, 0.1) is 10.1 Å². The first-order chi connectivity index (χ1) is 13.6. The Morgan fingerprint density at radius 2 is 1.97 bits per heavy atom. The number of ether oxygens (including phenoxy) is 1. The fourth-order valence-electron chi connectivity index (χ4n) is 1.92. The molecule has 0 amide bonds. The molecule has 0 saturated heterocycles. The molecule has 0 aliphatic heterocycles. The van der Waals surface area contributed by atoms with E-state index in [0.717, 1.165) is 24.3 Å². The number of nitro groups is 1. The van der Waals surface area contributed by atoms with Crippen molar-refractivity contribution in [3.05, 3.63) is 46.5 Å². The second-order valence-corrected chi connectivity index (χ2v) is 7.82. The van der Waals surface area contributed by atoms with Crippen molar-refractivity contribution in [3.63, 3.8) is 0 Å². The van der Waals surface area contributed by atoms with E-state index in [0.29, 0.717) is 6.07 Å². The molecule has 0 spiro atoms. The molecule has 0 fully saturated rings. The van der Waals surface area contributed by atoms with E-state index in [1.165, 1.54) is 13.2 Å². The van der Waals surface area contributed by atoms with Crippen LogP contribution in [0.4, 0.5) is 19.8 Å². The Kier molecular flexibility index (Phi) is 7.68. The summed E-state index contributed by atoms with van der Waals surface area (Å²) in [5.41, 5.74) is -0.407. The highest BCUT2D eigenvalue weighted by molar-refractivity contribution is 7.94. The third-order valence-electron chi connectivity index (χ3n) is 3.05. The molecular weight excluding hydrogens is 462 g/mol. The number of benzene rings is 2. The number of nitrogens with zero attached hydrogens (tertiary/aromatic N) is 1. The van der Waals surface area contributed by atoms with Gasteiger partial charge in [0.25, 0.3) is 5.69 Å². The lowest BCUT2D eigenvalue weighted by Crippen LogP contribution is -2.12. The molecule has 0 saturated carbocycles. The van der Waals surface area contributed by atoms with Crippen LogP contribution in [0.2, 0.25) is 0 Å². The predicted molar refractivity (Wildman–Crippen MR) is 95.9 cm³/mol. The average Bonchev–Trinajstić information content (AvgIpc) is 2.65. The van der Waals surface area contributed by atoms with E-state index in [1.807, 2.05) is 0 Å². The van der Waals surface area contributed by atoms with Crippen LogP contribution in [0.5, 0.6) is 11.5 Å². The van der Waals surface area contributed by atoms with E-state index in [2.05, 4.69) is 14.1 Å². The molecule has 1 unspecified atom stereocenters. The molecule has 11 nitrogen and oxygen atoms in total. The molecule has 0 radical (unpaired) electrons. The van der Waals surface area contributed by atoms with Crippen molar-refractivity contribution in [1.82, 2.24) is 0 Å². The zero-order valence-electron chi connectivity index (χ0n) is 14.1. The number of nitro benzene ring substituents is 1. The van der Waals surface area contributed by atoms with Crippen LogP contribution in [0.25, 0.3) is 0 Å². The zero-order valence-corrected chi connectivity index (χ0v) is 16.5. The maximum Gasteiger partial charge on any atom is 0.332 e. The average molecular weight is 472 g/mol. The molecule has 0 aliphatic rings. The molecule has 0 aliphatic carbocycles. The smallest absolute Gasteiger partial charge is 0.332 e. The molecule has 1 atom stereocenters. The van der Waals surface area contributed by atoms with E-state index in [9.17, 15) is 31.2 Å². The topological polar surface area (TPSA) is 143 Å². The first kappa shape index (κ1) is 22.8. The fraction of sp³-hybridized carbons (Fsp3) is 0.0769. The first-order valence-corrected chi connectivity index (χ1v) is 10.2. The number of nitrogens with one attached hydrogen (secondary N) is 1. The molecule has 0 heterocycles. The third kappa shape index (κ3) is 6.50. The first-order valence-electron chi connectivity index (χ1n) is 7.05. The highest BCUT2D eigenvalue weighted by atomic mass is 32.3. The van der Waals surface area contributed by atoms with Crippen LogP contribution in [0.1, 0.15) is 0 Å². The van der Waals surface area contributed by atoms with Gasteiger partial charge in [0.1, 0.15) is 16.4 Å². The van der Waals surface area contributed by atoms with Crippen LogP contribution >= 0.6 is 12.0 Å². The normalized spacial score (nSPS) is 12.2. The summed E-state index contributed by atoms with van der Waals surface area (Å²) in [5, 5.41) is 13.7. The van der Waals surface area contributed by atoms with Gasteiger partial charge in [-0.05, 0) is 27.8 Å². The number of halogens is 2. The van der Waals surface area contributed by atoms with Gasteiger partial charge in [0.2, 0.25) is 0 Å². The van der Waals surface area contributed by atoms with E-state index in [4.69, 9.17) is 8.92 Å². The van der Waals surface area contributed by atoms with Crippen molar-refractivity contribution in [2.75, 3.05) is 11.8 Å². The minimum atomic E-state index is -5.19. The lowest BCUT2D eigenvalue weighted by molar-refractivity contribution is -0.384. The summed E-state index contributed by atoms with van der Waals surface area (Å²) in [6, 6.07) is 5.96. The minimum absolute atomic E-state index is 0.0712. The van der Waals surface area contributed by atoms with Gasteiger partial charge in [-0.1, -0.05) is 0 Å². The van der Waals surface area contributed by atoms with E-state index in [1.54, 1.807) is 0 Å². The number of non-ortho nitro benzene ring substituents is 1. The molecule has 16 heteroatoms. The molecule has 0 aromatic heterocycles. The molecule has 29 heavy (non-hydrogen) atoms. The summed E-state index contributed by atoms with van der Waals surface area (Å²) in [6.45, 7) is 0. The van der Waals surface area contributed by atoms with Crippen LogP contribution in [0.3, 0.4) is 0 Å². The van der Waals surface area contributed by atoms with Crippen LogP contribution in [-0.4, -0.2) is 24.7 Å². The number of hydrogen-bond donors (Lipinski definition) is 1. The Morgan fingerprint density at radius 1 is 1.24 bits per heavy atom. The quantitative estimate of drug-likeness (QED) is 0.180. The summed E-state index contributed by atoms with van der Waals surface area (Å²) >= 11 is -2.25. The summed E-state index contributed by atoms with van der Waals surface area (Å²) in [4.78, 5) is 9.13. The van der Waals surface area contributed by atoms with Crippen LogP contribution in [-0.2, 0) is 30.9 Å². The molecule has 2 aromatic rings. The van der Waals surface area contributed by atoms with Gasteiger partial charge in [-0.3, -0.25) is 14.8 Å². The fourth-order valence-corrected chi connectivity index (χ4v) is 3.62. The lowest BCUT2D eigenvalue weighted by Gasteiger charge is -2.11. The number of methoxy groups -OCH3 is 1. The van der Waals surface area contributed by atoms with Gasteiger partial charge in [0.05, 0.1) is 29.8 Å². The predicted octanol–water partition coefficient (Wildman–Crippen LogP) is 3.17. The Bertz CT molecular complexity index is 1040. The second kappa shape index (κ2) is 9.79. The SMILES string of the molecule is COc1ccc([N+](=O)[O-])cc1NS(=O)Oc1cc(SOOF)cc(S(=O)(=O)F)c1. The summed E-state index contributed by atoms with van der Waals surface area (Å²) in [6.07, 6.45) is 0. The standard InChI is InChI=1S/C13H10F2N2O9S3/c1-23-13-3-2-8(17(18)19)4-12(13)16-28(20)24-9-5-10(27-26-25-14)7-11(6-9)29(15,21)22/h2-7,16H,1H3. The zero-order chi connectivity index (χ0) is 21.6. The Hall–Kier alpha value is -2.53. The Balaban J connectivity index is 2.28. The van der Waals surface area contributed by atoms with Gasteiger partial charge in [-0.15, -0.1) is 8.22 Å². The van der Waals surface area contributed by atoms with Crippen molar-refractivity contribution in [1.29, 1.82) is 0 Å². The molecule has 0 bridgehead atoms. The van der Waals surface area contributed by atoms with Crippen LogP contribution in [0.15, 0.2) is 46.2 Å². The molecule has 1 N–H and O–H groups in total. The van der Waals surface area contributed by atoms with Gasteiger partial charge >= 0.3 is 21.5 Å². The lowest BCUT2D eigenvalue weighted by atomic mass is 10.2. The summed E-state index contributed by atoms with van der Waals surface area (Å²) in [7, 11) is -3.93. The Morgan fingerprint density at radius 3 is 2.55 bits per heavy atom. The second-order valence-electron chi connectivity index (χ2n) is 4.85. The van der Waals surface area contributed by atoms with Crippen molar-refractivity contribution in [3.8, 4) is 11.5 Å². The maximum atomic E-state index is 13.3. The van der Waals surface area contributed by atoms with Gasteiger partial charge in [-0.25, -0.2) is 0 Å². The molecule has 2 aromatic carbocycles. The van der Waals surface area contributed by atoms with E-state index in [-0.39, 0.29) is 34.1 Å². The highest BCUT2D eigenvalue weighted by Gasteiger charge is 2.18. The largest absolute Gasteiger partial charge is 0.495 e. The van der Waals surface area contributed by atoms with Crippen molar-refractivity contribution < 1.29 is 44.3 Å². The van der Waals surface area contributed by atoms with Gasteiger partial charge < -0.3 is 8.92 Å². The van der Waals surface area contributed by atoms with E-state index < -0.39 is 37.1 Å². The molecule has 2 rings (SSSR count). The highest BCUT2D eigenvalue weighted by Crippen LogP contribution is 2.32. The van der Waals surface area contributed by atoms with Crippen molar-refractivity contribution >= 4 is 44.9 Å². The summed E-state index contributed by atoms with van der Waals surface area (Å²) in [5.74, 6) is -0.318. The minimum Gasteiger partial charge on any atom is -0.495 e.